The first kappa shape index (κ1) is 23.9. The van der Waals surface area contributed by atoms with E-state index >= 15 is 0 Å². The Labute approximate surface area is 206 Å². The third-order valence-electron chi connectivity index (χ3n) is 6.46. The van der Waals surface area contributed by atoms with Crippen molar-refractivity contribution < 1.29 is 9.53 Å². The Morgan fingerprint density at radius 1 is 1.15 bits per heavy atom. The van der Waals surface area contributed by atoms with E-state index in [0.29, 0.717) is 10.8 Å². The molecule has 7 heteroatoms. The van der Waals surface area contributed by atoms with Gasteiger partial charge < -0.3 is 19.9 Å². The summed E-state index contributed by atoms with van der Waals surface area (Å²) in [4.78, 5) is 17.9. The Morgan fingerprint density at radius 2 is 1.91 bits per heavy atom. The minimum absolute atomic E-state index is 0.0197. The molecule has 4 rings (SSSR count). The lowest BCUT2D eigenvalue weighted by Crippen LogP contribution is -2.46. The van der Waals surface area contributed by atoms with Gasteiger partial charge in [-0.1, -0.05) is 35.8 Å². The highest BCUT2D eigenvalue weighted by atomic mass is 35.5. The average Bonchev–Trinajstić information content (AvgIpc) is 3.49. The molecule has 1 N–H and O–H groups in total. The van der Waals surface area contributed by atoms with E-state index in [1.807, 2.05) is 42.5 Å². The summed E-state index contributed by atoms with van der Waals surface area (Å²) in [6.45, 7) is 8.21. The van der Waals surface area contributed by atoms with E-state index in [-0.39, 0.29) is 17.9 Å². The number of nitrogens with one attached hydrogen (secondary N) is 1. The summed E-state index contributed by atoms with van der Waals surface area (Å²) in [5.41, 5.74) is 2.19. The standard InChI is InChI=1S/C26H31Cl2N3O2/c1-2-33-25-10-5-19(16-24(25)28)15-22(18-30-12-3-4-13-30)29-26(32)20-11-14-31(17-20)23-8-6-21(27)7-9-23/h2,5-10,16,20,22H,1,3-4,11-15,17-18H2,(H,29,32)/t20-,22?/m1/s1. The van der Waals surface area contributed by atoms with Crippen molar-refractivity contribution in [1.29, 1.82) is 0 Å². The number of halogens is 2. The van der Waals surface area contributed by atoms with Gasteiger partial charge in [0.1, 0.15) is 5.75 Å². The van der Waals surface area contributed by atoms with Gasteiger partial charge in [-0.2, -0.15) is 0 Å². The van der Waals surface area contributed by atoms with Crippen molar-refractivity contribution in [2.24, 2.45) is 5.92 Å². The van der Waals surface area contributed by atoms with Gasteiger partial charge in [0.25, 0.3) is 0 Å². The zero-order chi connectivity index (χ0) is 23.2. The molecule has 2 fully saturated rings. The summed E-state index contributed by atoms with van der Waals surface area (Å²) >= 11 is 12.4. The smallest absolute Gasteiger partial charge is 0.225 e. The monoisotopic (exact) mass is 487 g/mol. The number of anilines is 1. The van der Waals surface area contributed by atoms with E-state index in [9.17, 15) is 4.79 Å². The zero-order valence-electron chi connectivity index (χ0n) is 18.8. The molecule has 0 radical (unpaired) electrons. The molecule has 2 aliphatic heterocycles. The second-order valence-corrected chi connectivity index (χ2v) is 9.72. The summed E-state index contributed by atoms with van der Waals surface area (Å²) in [7, 11) is 0. The highest BCUT2D eigenvalue weighted by molar-refractivity contribution is 6.32. The van der Waals surface area contributed by atoms with Crippen LogP contribution < -0.4 is 15.0 Å². The third kappa shape index (κ3) is 6.44. The lowest BCUT2D eigenvalue weighted by atomic mass is 10.0. The van der Waals surface area contributed by atoms with E-state index in [0.717, 1.165) is 61.8 Å². The second kappa shape index (κ2) is 11.3. The van der Waals surface area contributed by atoms with Crippen LogP contribution in [0.15, 0.2) is 55.3 Å². The number of hydrogen-bond donors (Lipinski definition) is 1. The molecule has 1 unspecified atom stereocenters. The maximum atomic E-state index is 13.2. The van der Waals surface area contributed by atoms with Crippen LogP contribution in [0.1, 0.15) is 24.8 Å². The number of hydrogen-bond acceptors (Lipinski definition) is 4. The Morgan fingerprint density at radius 3 is 2.61 bits per heavy atom. The summed E-state index contributed by atoms with van der Waals surface area (Å²) in [6.07, 6.45) is 5.39. The van der Waals surface area contributed by atoms with Crippen LogP contribution in [0.2, 0.25) is 10.0 Å². The maximum absolute atomic E-state index is 13.2. The first-order valence-electron chi connectivity index (χ1n) is 11.6. The summed E-state index contributed by atoms with van der Waals surface area (Å²) in [6, 6.07) is 13.6. The molecular formula is C26H31Cl2N3O2. The molecule has 2 heterocycles. The van der Waals surface area contributed by atoms with E-state index in [1.54, 1.807) is 0 Å². The van der Waals surface area contributed by atoms with Crippen LogP contribution in [0.5, 0.6) is 5.75 Å². The summed E-state index contributed by atoms with van der Waals surface area (Å²) in [5.74, 6) is 0.700. The van der Waals surface area contributed by atoms with E-state index in [4.69, 9.17) is 27.9 Å². The van der Waals surface area contributed by atoms with Crippen molar-refractivity contribution in [2.45, 2.75) is 31.7 Å². The number of rotatable bonds is 9. The number of ether oxygens (including phenoxy) is 1. The molecule has 2 saturated heterocycles. The van der Waals surface area contributed by atoms with Gasteiger partial charge in [0.05, 0.1) is 17.2 Å². The predicted octanol–water partition coefficient (Wildman–Crippen LogP) is 5.17. The highest BCUT2D eigenvalue weighted by Crippen LogP contribution is 2.27. The van der Waals surface area contributed by atoms with Gasteiger partial charge in [-0.05, 0) is 80.7 Å². The Hall–Kier alpha value is -2.21. The van der Waals surface area contributed by atoms with Gasteiger partial charge in [0.15, 0.2) is 0 Å². The molecule has 33 heavy (non-hydrogen) atoms. The Bertz CT molecular complexity index is 961. The lowest BCUT2D eigenvalue weighted by Gasteiger charge is -2.26. The SMILES string of the molecule is C=COc1ccc(CC(CN2CCCC2)NC(=O)[C@@H]2CCN(c3ccc(Cl)cc3)C2)cc1Cl. The van der Waals surface area contributed by atoms with E-state index in [2.05, 4.69) is 21.7 Å². The number of nitrogens with zero attached hydrogens (tertiary/aromatic N) is 2. The van der Waals surface area contributed by atoms with Crippen LogP contribution in [0.25, 0.3) is 0 Å². The normalized spacial score (nSPS) is 19.5. The van der Waals surface area contributed by atoms with Gasteiger partial charge in [0.2, 0.25) is 5.91 Å². The lowest BCUT2D eigenvalue weighted by molar-refractivity contribution is -0.125. The fourth-order valence-corrected chi connectivity index (χ4v) is 5.13. The quantitative estimate of drug-likeness (QED) is 0.495. The van der Waals surface area contributed by atoms with Crippen LogP contribution in [-0.2, 0) is 11.2 Å². The molecule has 0 saturated carbocycles. The first-order valence-corrected chi connectivity index (χ1v) is 12.4. The van der Waals surface area contributed by atoms with Crippen molar-refractivity contribution in [2.75, 3.05) is 37.6 Å². The third-order valence-corrected chi connectivity index (χ3v) is 7.01. The molecule has 0 aliphatic carbocycles. The maximum Gasteiger partial charge on any atom is 0.225 e. The number of carbonyl (C=O) groups excluding carboxylic acids is 1. The number of likely N-dealkylation sites (tertiary alicyclic amines) is 1. The number of benzene rings is 2. The van der Waals surface area contributed by atoms with Gasteiger partial charge in [0, 0.05) is 36.4 Å². The van der Waals surface area contributed by atoms with Gasteiger partial charge >= 0.3 is 0 Å². The van der Waals surface area contributed by atoms with E-state index in [1.165, 1.54) is 19.1 Å². The number of amides is 1. The highest BCUT2D eigenvalue weighted by Gasteiger charge is 2.30. The van der Waals surface area contributed by atoms with Crippen molar-refractivity contribution in [1.82, 2.24) is 10.2 Å². The molecule has 176 valence electrons. The molecule has 2 aliphatic rings. The molecule has 0 bridgehead atoms. The van der Waals surface area contributed by atoms with Crippen molar-refractivity contribution in [3.8, 4) is 5.75 Å². The van der Waals surface area contributed by atoms with Crippen LogP contribution in [0.4, 0.5) is 5.69 Å². The van der Waals surface area contributed by atoms with E-state index < -0.39 is 0 Å². The molecule has 1 amide bonds. The predicted molar refractivity (Wildman–Crippen MR) is 135 cm³/mol. The van der Waals surface area contributed by atoms with Crippen LogP contribution in [0.3, 0.4) is 0 Å². The molecule has 0 spiro atoms. The Kier molecular flexibility index (Phi) is 8.18. The minimum atomic E-state index is -0.0197. The molecular weight excluding hydrogens is 457 g/mol. The molecule has 0 aromatic heterocycles. The fourth-order valence-electron chi connectivity index (χ4n) is 4.76. The van der Waals surface area contributed by atoms with Gasteiger partial charge in [-0.25, -0.2) is 0 Å². The van der Waals surface area contributed by atoms with Crippen LogP contribution in [-0.4, -0.2) is 49.6 Å². The van der Waals surface area contributed by atoms with Crippen molar-refractivity contribution in [3.63, 3.8) is 0 Å². The van der Waals surface area contributed by atoms with Gasteiger partial charge in [-0.15, -0.1) is 0 Å². The molecule has 2 aromatic carbocycles. The largest absolute Gasteiger partial charge is 0.464 e. The average molecular weight is 488 g/mol. The van der Waals surface area contributed by atoms with Crippen molar-refractivity contribution >= 4 is 34.8 Å². The van der Waals surface area contributed by atoms with Crippen molar-refractivity contribution in [3.05, 3.63) is 70.9 Å². The summed E-state index contributed by atoms with van der Waals surface area (Å²) < 4.78 is 5.33. The Balaban J connectivity index is 1.40. The zero-order valence-corrected chi connectivity index (χ0v) is 20.3. The minimum Gasteiger partial charge on any atom is -0.464 e. The first-order chi connectivity index (χ1) is 16.0. The second-order valence-electron chi connectivity index (χ2n) is 8.87. The van der Waals surface area contributed by atoms with Gasteiger partial charge in [-0.3, -0.25) is 4.79 Å². The fraction of sp³-hybridized carbons (Fsp3) is 0.423. The molecule has 5 nitrogen and oxygen atoms in total. The van der Waals surface area contributed by atoms with Crippen LogP contribution >= 0.6 is 23.2 Å². The van der Waals surface area contributed by atoms with Crippen LogP contribution in [0, 0.1) is 5.92 Å². The number of carbonyl (C=O) groups is 1. The summed E-state index contributed by atoms with van der Waals surface area (Å²) in [5, 5.41) is 4.63. The molecule has 2 aromatic rings. The topological polar surface area (TPSA) is 44.8 Å². The molecule has 2 atom stereocenters.